The highest BCUT2D eigenvalue weighted by molar-refractivity contribution is 5.41. The molecular formula is C24H34O3. The van der Waals surface area contributed by atoms with Crippen LogP contribution in [0.4, 0.5) is 0 Å². The Balaban J connectivity index is 1.47. The van der Waals surface area contributed by atoms with Crippen molar-refractivity contribution in [1.29, 1.82) is 0 Å². The average Bonchev–Trinajstić information content (AvgIpc) is 2.96. The number of aliphatic hydroxyl groups excluding tert-OH is 1. The van der Waals surface area contributed by atoms with E-state index in [2.05, 4.69) is 38.1 Å². The first-order valence-corrected chi connectivity index (χ1v) is 10.8. The van der Waals surface area contributed by atoms with Crippen molar-refractivity contribution in [3.05, 3.63) is 41.5 Å². The van der Waals surface area contributed by atoms with Crippen LogP contribution in [0.1, 0.15) is 69.9 Å². The maximum atomic E-state index is 10.5. The highest BCUT2D eigenvalue weighted by Crippen LogP contribution is 2.58. The highest BCUT2D eigenvalue weighted by atomic mass is 16.7. The van der Waals surface area contributed by atoms with Crippen LogP contribution in [0.3, 0.4) is 0 Å². The Morgan fingerprint density at radius 1 is 1.26 bits per heavy atom. The molecule has 6 atom stereocenters. The molecule has 27 heavy (non-hydrogen) atoms. The summed E-state index contributed by atoms with van der Waals surface area (Å²) in [6.07, 6.45) is 10.7. The fourth-order valence-corrected chi connectivity index (χ4v) is 5.68. The lowest BCUT2D eigenvalue weighted by Gasteiger charge is -2.50. The van der Waals surface area contributed by atoms with Crippen LogP contribution in [-0.4, -0.2) is 24.1 Å². The molecule has 3 aliphatic carbocycles. The first-order valence-electron chi connectivity index (χ1n) is 10.8. The van der Waals surface area contributed by atoms with E-state index < -0.39 is 0 Å². The van der Waals surface area contributed by atoms with Crippen molar-refractivity contribution in [2.45, 2.75) is 77.6 Å². The molecule has 0 heterocycles. The molecule has 3 heteroatoms. The van der Waals surface area contributed by atoms with Crippen LogP contribution >= 0.6 is 0 Å². The molecule has 0 bridgehead atoms. The van der Waals surface area contributed by atoms with Crippen LogP contribution in [0.5, 0.6) is 5.75 Å². The molecule has 0 radical (unpaired) electrons. The summed E-state index contributed by atoms with van der Waals surface area (Å²) in [5, 5.41) is 10.5. The van der Waals surface area contributed by atoms with Crippen molar-refractivity contribution in [2.75, 3.05) is 6.61 Å². The summed E-state index contributed by atoms with van der Waals surface area (Å²) in [5.41, 5.74) is 3.00. The van der Waals surface area contributed by atoms with Crippen LogP contribution in [0.25, 0.3) is 0 Å². The van der Waals surface area contributed by atoms with Gasteiger partial charge in [0.15, 0.2) is 6.29 Å². The summed E-state index contributed by atoms with van der Waals surface area (Å²) < 4.78 is 11.7. The zero-order valence-electron chi connectivity index (χ0n) is 17.0. The molecule has 0 amide bonds. The SMILES string of the molecule is CCCCOC(C)Oc1ccc2c(c1)CCC1[C@@H]2CC[C@]2(C)[C@@H](O)C=C[C@@H]12. The Bertz CT molecular complexity index is 697. The van der Waals surface area contributed by atoms with E-state index in [1.807, 2.05) is 13.0 Å². The van der Waals surface area contributed by atoms with Gasteiger partial charge in [-0.2, -0.15) is 0 Å². The maximum absolute atomic E-state index is 10.5. The van der Waals surface area contributed by atoms with E-state index in [0.717, 1.165) is 38.0 Å². The molecule has 3 nitrogen and oxygen atoms in total. The van der Waals surface area contributed by atoms with Gasteiger partial charge in [-0.3, -0.25) is 0 Å². The summed E-state index contributed by atoms with van der Waals surface area (Å²) in [6.45, 7) is 7.18. The second-order valence-corrected chi connectivity index (χ2v) is 8.98. The minimum atomic E-state index is -0.269. The summed E-state index contributed by atoms with van der Waals surface area (Å²) >= 11 is 0. The van der Waals surface area contributed by atoms with E-state index in [-0.39, 0.29) is 17.8 Å². The van der Waals surface area contributed by atoms with Gasteiger partial charge < -0.3 is 14.6 Å². The molecule has 4 rings (SSSR count). The standard InChI is InChI=1S/C24H34O3/c1-4-5-14-26-16(2)27-18-7-9-19-17(15-18)6-8-21-20(19)12-13-24(3)22(21)10-11-23(24)25/h7,9-11,15-16,20-23,25H,4-6,8,12-14H2,1-3H3/t16?,20-,21?,22+,23+,24+/m1/s1. The Morgan fingerprint density at radius 2 is 2.11 bits per heavy atom. The zero-order valence-corrected chi connectivity index (χ0v) is 17.0. The van der Waals surface area contributed by atoms with Crippen LogP contribution in [0, 0.1) is 17.3 Å². The molecule has 0 aliphatic heterocycles. The minimum Gasteiger partial charge on any atom is -0.465 e. The van der Waals surface area contributed by atoms with Crippen LogP contribution in [-0.2, 0) is 11.2 Å². The van der Waals surface area contributed by atoms with Crippen molar-refractivity contribution in [3.63, 3.8) is 0 Å². The molecule has 148 valence electrons. The predicted molar refractivity (Wildman–Crippen MR) is 108 cm³/mol. The number of aryl methyl sites for hydroxylation is 1. The van der Waals surface area contributed by atoms with Crippen LogP contribution < -0.4 is 4.74 Å². The van der Waals surface area contributed by atoms with E-state index in [1.165, 1.54) is 24.0 Å². The second kappa shape index (κ2) is 7.60. The first kappa shape index (κ1) is 19.0. The van der Waals surface area contributed by atoms with Crippen molar-refractivity contribution in [3.8, 4) is 5.75 Å². The monoisotopic (exact) mass is 370 g/mol. The molecular weight excluding hydrogens is 336 g/mol. The van der Waals surface area contributed by atoms with Crippen molar-refractivity contribution in [1.82, 2.24) is 0 Å². The van der Waals surface area contributed by atoms with Gasteiger partial charge in [0.1, 0.15) is 5.75 Å². The quantitative estimate of drug-likeness (QED) is 0.424. The number of benzene rings is 1. The molecule has 1 fully saturated rings. The first-order chi connectivity index (χ1) is 13.0. The number of fused-ring (bicyclic) bond motifs is 5. The highest BCUT2D eigenvalue weighted by Gasteiger charge is 2.52. The Hall–Kier alpha value is -1.32. The van der Waals surface area contributed by atoms with E-state index in [0.29, 0.717) is 17.8 Å². The van der Waals surface area contributed by atoms with Gasteiger partial charge in [0.25, 0.3) is 0 Å². The fourth-order valence-electron chi connectivity index (χ4n) is 5.68. The van der Waals surface area contributed by atoms with Crippen molar-refractivity contribution < 1.29 is 14.6 Å². The minimum absolute atomic E-state index is 0.0486. The van der Waals surface area contributed by atoms with Crippen molar-refractivity contribution in [2.24, 2.45) is 17.3 Å². The van der Waals surface area contributed by atoms with Gasteiger partial charge in [-0.25, -0.2) is 0 Å². The molecule has 2 unspecified atom stereocenters. The molecule has 0 aromatic heterocycles. The Morgan fingerprint density at radius 3 is 2.93 bits per heavy atom. The Labute approximate surface area is 163 Å². The summed E-state index contributed by atoms with van der Waals surface area (Å²) in [5.74, 6) is 2.72. The average molecular weight is 371 g/mol. The van der Waals surface area contributed by atoms with Gasteiger partial charge in [0.2, 0.25) is 0 Å². The third-order valence-electron chi connectivity index (χ3n) is 7.32. The van der Waals surface area contributed by atoms with Crippen molar-refractivity contribution >= 4 is 0 Å². The van der Waals surface area contributed by atoms with Gasteiger partial charge in [-0.05, 0) is 80.0 Å². The molecule has 1 aromatic carbocycles. The molecule has 1 aromatic rings. The van der Waals surface area contributed by atoms with Gasteiger partial charge in [0, 0.05) is 5.41 Å². The topological polar surface area (TPSA) is 38.7 Å². The number of aliphatic hydroxyl groups is 1. The van der Waals surface area contributed by atoms with E-state index >= 15 is 0 Å². The van der Waals surface area contributed by atoms with Crippen LogP contribution in [0.2, 0.25) is 0 Å². The normalized spacial score (nSPS) is 35.3. The van der Waals surface area contributed by atoms with Crippen LogP contribution in [0.15, 0.2) is 30.4 Å². The second-order valence-electron chi connectivity index (χ2n) is 8.98. The lowest BCUT2D eigenvalue weighted by molar-refractivity contribution is -0.0674. The molecule has 0 saturated heterocycles. The van der Waals surface area contributed by atoms with Gasteiger partial charge in [-0.1, -0.05) is 38.5 Å². The predicted octanol–water partition coefficient (Wildman–Crippen LogP) is 5.22. The molecule has 3 aliphatic rings. The van der Waals surface area contributed by atoms with Gasteiger partial charge >= 0.3 is 0 Å². The summed E-state index contributed by atoms with van der Waals surface area (Å²) in [7, 11) is 0. The zero-order chi connectivity index (χ0) is 19.0. The lowest BCUT2D eigenvalue weighted by atomic mass is 9.55. The number of ether oxygens (including phenoxy) is 2. The van der Waals surface area contributed by atoms with E-state index in [4.69, 9.17) is 9.47 Å². The summed E-state index contributed by atoms with van der Waals surface area (Å²) in [6, 6.07) is 6.64. The van der Waals surface area contributed by atoms with Gasteiger partial charge in [-0.15, -0.1) is 0 Å². The molecule has 1 saturated carbocycles. The third kappa shape index (κ3) is 3.45. The third-order valence-corrected chi connectivity index (χ3v) is 7.32. The fraction of sp³-hybridized carbons (Fsp3) is 0.667. The number of hydrogen-bond donors (Lipinski definition) is 1. The molecule has 0 spiro atoms. The number of rotatable bonds is 6. The van der Waals surface area contributed by atoms with E-state index in [1.54, 1.807) is 0 Å². The molecule has 1 N–H and O–H groups in total. The largest absolute Gasteiger partial charge is 0.465 e. The summed E-state index contributed by atoms with van der Waals surface area (Å²) in [4.78, 5) is 0. The smallest absolute Gasteiger partial charge is 0.196 e. The van der Waals surface area contributed by atoms with Gasteiger partial charge in [0.05, 0.1) is 12.7 Å². The lowest BCUT2D eigenvalue weighted by Crippen LogP contribution is -2.44. The maximum Gasteiger partial charge on any atom is 0.196 e. The Kier molecular flexibility index (Phi) is 5.35. The number of unbranched alkanes of at least 4 members (excludes halogenated alkanes) is 1. The number of allylic oxidation sites excluding steroid dienone is 1. The van der Waals surface area contributed by atoms with E-state index in [9.17, 15) is 5.11 Å². The number of hydrogen-bond acceptors (Lipinski definition) is 3.